The molecule has 1 aliphatic carbocycles. The lowest BCUT2D eigenvalue weighted by atomic mass is 9.94. The maximum Gasteiger partial charge on any atom is 0.254 e. The molecule has 162 valence electrons. The molecule has 1 heterocycles. The number of aliphatic hydroxyl groups excluding tert-OH is 1. The highest BCUT2D eigenvalue weighted by atomic mass is 16.3. The quantitative estimate of drug-likeness (QED) is 0.726. The number of rotatable bonds is 5. The highest BCUT2D eigenvalue weighted by Crippen LogP contribution is 2.33. The van der Waals surface area contributed by atoms with E-state index in [2.05, 4.69) is 48.3 Å². The first-order valence-corrected chi connectivity index (χ1v) is 11.0. The minimum absolute atomic E-state index is 0.0453. The summed E-state index contributed by atoms with van der Waals surface area (Å²) in [5.41, 5.74) is 14.1. The van der Waals surface area contributed by atoms with Crippen LogP contribution in [0.2, 0.25) is 0 Å². The molecule has 0 unspecified atom stereocenters. The molecule has 4 rings (SSSR count). The molecule has 2 aliphatic rings. The molecule has 2 atom stereocenters. The average Bonchev–Trinajstić information content (AvgIpc) is 3.30. The van der Waals surface area contributed by atoms with Gasteiger partial charge in [-0.3, -0.25) is 9.79 Å². The van der Waals surface area contributed by atoms with Gasteiger partial charge in [-0.15, -0.1) is 0 Å². The van der Waals surface area contributed by atoms with Crippen molar-refractivity contribution in [2.45, 2.75) is 58.2 Å². The van der Waals surface area contributed by atoms with Gasteiger partial charge in [0.1, 0.15) is 0 Å². The molecular weight excluding hydrogens is 386 g/mol. The van der Waals surface area contributed by atoms with Gasteiger partial charge in [-0.25, -0.2) is 0 Å². The zero-order chi connectivity index (χ0) is 22.1. The van der Waals surface area contributed by atoms with Gasteiger partial charge in [0.05, 0.1) is 12.1 Å². The number of amides is 1. The van der Waals surface area contributed by atoms with Crippen molar-refractivity contribution in [1.82, 2.24) is 4.90 Å². The number of carbonyl (C=O) groups excluding carboxylic acids is 1. The number of hydrogen-bond donors (Lipinski definition) is 2. The Bertz CT molecular complexity index is 1050. The van der Waals surface area contributed by atoms with Gasteiger partial charge in [0, 0.05) is 36.6 Å². The van der Waals surface area contributed by atoms with Gasteiger partial charge in [-0.2, -0.15) is 0 Å². The van der Waals surface area contributed by atoms with Crippen LogP contribution < -0.4 is 5.73 Å². The van der Waals surface area contributed by atoms with E-state index < -0.39 is 6.10 Å². The highest BCUT2D eigenvalue weighted by molar-refractivity contribution is 6.10. The number of aliphatic hydroxyl groups is 1. The van der Waals surface area contributed by atoms with Crippen molar-refractivity contribution in [3.63, 3.8) is 0 Å². The number of allylic oxidation sites excluding steroid dienone is 2. The third-order valence-electron chi connectivity index (χ3n) is 6.58. The topological polar surface area (TPSA) is 78.9 Å². The van der Waals surface area contributed by atoms with E-state index in [0.29, 0.717) is 6.54 Å². The number of nitrogens with zero attached hydrogens (tertiary/aromatic N) is 2. The fraction of sp³-hybridized carbons (Fsp3) is 0.385. The molecule has 0 aromatic heterocycles. The summed E-state index contributed by atoms with van der Waals surface area (Å²) in [5.74, 6) is 0.0598. The molecule has 3 N–H and O–H groups in total. The molecule has 2 aromatic rings. The molecule has 2 aromatic carbocycles. The fourth-order valence-electron chi connectivity index (χ4n) is 4.85. The summed E-state index contributed by atoms with van der Waals surface area (Å²) in [6, 6.07) is 12.5. The van der Waals surface area contributed by atoms with Crippen LogP contribution in [0.15, 0.2) is 47.1 Å². The molecule has 1 aliphatic heterocycles. The molecule has 5 nitrogen and oxygen atoms in total. The van der Waals surface area contributed by atoms with Gasteiger partial charge in [0.25, 0.3) is 5.91 Å². The molecule has 1 amide bonds. The first kappa shape index (κ1) is 21.3. The van der Waals surface area contributed by atoms with Crippen molar-refractivity contribution in [3.8, 4) is 0 Å². The maximum atomic E-state index is 13.1. The van der Waals surface area contributed by atoms with Crippen LogP contribution in [-0.2, 0) is 13.0 Å². The number of benzene rings is 2. The fourth-order valence-corrected chi connectivity index (χ4v) is 4.85. The number of hydrogen-bond acceptors (Lipinski definition) is 4. The van der Waals surface area contributed by atoms with E-state index in [9.17, 15) is 9.90 Å². The Hall–Kier alpha value is -2.92. The van der Waals surface area contributed by atoms with Crippen LogP contribution in [0.25, 0.3) is 5.57 Å². The second-order valence-electron chi connectivity index (χ2n) is 8.79. The Kier molecular flexibility index (Phi) is 5.96. The van der Waals surface area contributed by atoms with E-state index in [-0.39, 0.29) is 11.9 Å². The SMILES string of the molecule is CN=CC(=C(C)N)c1ccc(Cc2cc3c(cc2C)CN([C@H]2CCC[C@@H]2O)C3=O)cc1. The van der Waals surface area contributed by atoms with Crippen molar-refractivity contribution in [2.75, 3.05) is 7.05 Å². The van der Waals surface area contributed by atoms with Crippen molar-refractivity contribution >= 4 is 17.7 Å². The molecule has 0 spiro atoms. The first-order valence-electron chi connectivity index (χ1n) is 11.0. The molecule has 0 bridgehead atoms. The summed E-state index contributed by atoms with van der Waals surface area (Å²) in [7, 11) is 1.74. The molecule has 31 heavy (non-hydrogen) atoms. The number of nitrogens with two attached hydrogens (primary N) is 1. The standard InChI is InChI=1S/C26H31N3O2/c1-16-11-21-15-29(24-5-4-6-25(24)30)26(31)22(21)13-20(16)12-18-7-9-19(10-8-18)23(14-28-3)17(2)27/h7-11,13-14,24-25,30H,4-6,12,15,27H2,1-3H3/t24-,25-/m0/s1. The largest absolute Gasteiger partial charge is 0.402 e. The van der Waals surface area contributed by atoms with Crippen molar-refractivity contribution in [3.05, 3.63) is 75.5 Å². The zero-order valence-electron chi connectivity index (χ0n) is 18.6. The molecule has 1 fully saturated rings. The Morgan fingerprint density at radius 2 is 2.00 bits per heavy atom. The molecule has 5 heteroatoms. The maximum absolute atomic E-state index is 13.1. The smallest absolute Gasteiger partial charge is 0.254 e. The second kappa shape index (κ2) is 8.67. The molecular formula is C26H31N3O2. The number of aliphatic imine (C=N–C) groups is 1. The van der Waals surface area contributed by atoms with Crippen LogP contribution in [0, 0.1) is 6.92 Å². The van der Waals surface area contributed by atoms with E-state index in [1.165, 1.54) is 11.1 Å². The third-order valence-corrected chi connectivity index (χ3v) is 6.58. The van der Waals surface area contributed by atoms with Gasteiger partial charge in [0.15, 0.2) is 0 Å². The number of carbonyl (C=O) groups is 1. The summed E-state index contributed by atoms with van der Waals surface area (Å²) < 4.78 is 0. The van der Waals surface area contributed by atoms with E-state index >= 15 is 0 Å². The lowest BCUT2D eigenvalue weighted by molar-refractivity contribution is 0.0479. The van der Waals surface area contributed by atoms with Crippen molar-refractivity contribution in [1.29, 1.82) is 0 Å². The van der Waals surface area contributed by atoms with Gasteiger partial charge in [-0.1, -0.05) is 30.3 Å². The second-order valence-corrected chi connectivity index (χ2v) is 8.79. The van der Waals surface area contributed by atoms with Gasteiger partial charge in [0.2, 0.25) is 0 Å². The Morgan fingerprint density at radius 1 is 1.26 bits per heavy atom. The van der Waals surface area contributed by atoms with Crippen molar-refractivity contribution in [2.24, 2.45) is 10.7 Å². The van der Waals surface area contributed by atoms with E-state index in [1.54, 1.807) is 13.3 Å². The van der Waals surface area contributed by atoms with Crippen LogP contribution in [-0.4, -0.2) is 41.3 Å². The Morgan fingerprint density at radius 3 is 2.61 bits per heavy atom. The van der Waals surface area contributed by atoms with Gasteiger partial charge >= 0.3 is 0 Å². The van der Waals surface area contributed by atoms with Crippen LogP contribution in [0.4, 0.5) is 0 Å². The summed E-state index contributed by atoms with van der Waals surface area (Å²) in [6.07, 6.45) is 4.81. The predicted molar refractivity (Wildman–Crippen MR) is 125 cm³/mol. The lowest BCUT2D eigenvalue weighted by Gasteiger charge is -2.26. The van der Waals surface area contributed by atoms with Crippen LogP contribution in [0.1, 0.15) is 64.4 Å². The highest BCUT2D eigenvalue weighted by Gasteiger charge is 2.38. The molecule has 0 saturated heterocycles. The van der Waals surface area contributed by atoms with Crippen LogP contribution >= 0.6 is 0 Å². The van der Waals surface area contributed by atoms with E-state index in [4.69, 9.17) is 5.73 Å². The van der Waals surface area contributed by atoms with Gasteiger partial charge < -0.3 is 15.7 Å². The monoisotopic (exact) mass is 417 g/mol. The summed E-state index contributed by atoms with van der Waals surface area (Å²) in [6.45, 7) is 4.60. The molecule has 1 saturated carbocycles. The van der Waals surface area contributed by atoms with E-state index in [0.717, 1.165) is 59.2 Å². The van der Waals surface area contributed by atoms with Gasteiger partial charge in [-0.05, 0) is 73.4 Å². The third kappa shape index (κ3) is 4.15. The lowest BCUT2D eigenvalue weighted by Crippen LogP contribution is -2.40. The number of aryl methyl sites for hydroxylation is 1. The summed E-state index contributed by atoms with van der Waals surface area (Å²) in [4.78, 5) is 19.1. The van der Waals surface area contributed by atoms with E-state index in [1.807, 2.05) is 11.8 Å². The van der Waals surface area contributed by atoms with Crippen LogP contribution in [0.5, 0.6) is 0 Å². The Labute approximate surface area is 184 Å². The molecule has 0 radical (unpaired) electrons. The normalized spacial score (nSPS) is 21.7. The predicted octanol–water partition coefficient (Wildman–Crippen LogP) is 3.85. The Balaban J connectivity index is 1.56. The first-order chi connectivity index (χ1) is 14.9. The van der Waals surface area contributed by atoms with Crippen LogP contribution in [0.3, 0.4) is 0 Å². The number of fused-ring (bicyclic) bond motifs is 1. The minimum atomic E-state index is -0.397. The zero-order valence-corrected chi connectivity index (χ0v) is 18.6. The minimum Gasteiger partial charge on any atom is -0.402 e. The summed E-state index contributed by atoms with van der Waals surface area (Å²) in [5, 5.41) is 10.3. The average molecular weight is 418 g/mol. The van der Waals surface area contributed by atoms with Crippen molar-refractivity contribution < 1.29 is 9.90 Å². The summed E-state index contributed by atoms with van der Waals surface area (Å²) >= 11 is 0.